The van der Waals surface area contributed by atoms with Crippen molar-refractivity contribution in [1.29, 1.82) is 0 Å². The molecule has 0 aliphatic rings. The largest absolute Gasteiger partial charge is 2.00 e. The summed E-state index contributed by atoms with van der Waals surface area (Å²) in [6, 6.07) is -1.29. The summed E-state index contributed by atoms with van der Waals surface area (Å²) in [6.07, 6.45) is -0.532. The van der Waals surface area contributed by atoms with Crippen LogP contribution in [0.2, 0.25) is 0 Å². The third kappa shape index (κ3) is 11.3. The first kappa shape index (κ1) is 18.2. The first-order chi connectivity index (χ1) is 4.04. The van der Waals surface area contributed by atoms with Crippen molar-refractivity contribution in [2.45, 2.75) is 12.5 Å². The molecule has 0 rings (SSSR count). The van der Waals surface area contributed by atoms with Crippen molar-refractivity contribution < 1.29 is 75.5 Å². The van der Waals surface area contributed by atoms with Crippen LogP contribution in [0.15, 0.2) is 0 Å². The molecule has 0 unspecified atom stereocenters. The van der Waals surface area contributed by atoms with E-state index in [4.69, 9.17) is 15.9 Å². The number of carboxylic acids is 2. The van der Waals surface area contributed by atoms with Crippen molar-refractivity contribution in [3.05, 3.63) is 0 Å². The molecule has 5 nitrogen and oxygen atoms in total. The van der Waals surface area contributed by atoms with E-state index in [1.54, 1.807) is 0 Å². The number of rotatable bonds is 3. The van der Waals surface area contributed by atoms with Crippen LogP contribution in [-0.2, 0) is 9.59 Å². The van der Waals surface area contributed by atoms with Gasteiger partial charge in [-0.3, -0.25) is 9.59 Å². The van der Waals surface area contributed by atoms with Crippen molar-refractivity contribution in [2.24, 2.45) is 5.73 Å². The summed E-state index contributed by atoms with van der Waals surface area (Å²) < 4.78 is 0. The van der Waals surface area contributed by atoms with E-state index in [0.717, 1.165) is 0 Å². The molecular formula is C4H10KMgNO4. The van der Waals surface area contributed by atoms with Gasteiger partial charge in [0, 0.05) is 0 Å². The molecule has 0 radical (unpaired) electrons. The molecular weight excluding hydrogens is 189 g/mol. The maximum absolute atomic E-state index is 9.85. The molecule has 1 atom stereocenters. The van der Waals surface area contributed by atoms with Crippen LogP contribution in [0, 0.1) is 0 Å². The minimum Gasteiger partial charge on any atom is -1.00 e. The van der Waals surface area contributed by atoms with Crippen LogP contribution in [-0.4, -0.2) is 51.2 Å². The molecule has 0 bridgehead atoms. The summed E-state index contributed by atoms with van der Waals surface area (Å²) in [4.78, 5) is 19.6. The smallest absolute Gasteiger partial charge is 1.00 e. The molecule has 0 spiro atoms. The van der Waals surface area contributed by atoms with Crippen LogP contribution in [0.1, 0.15) is 10.7 Å². The number of hydrogen-bond donors (Lipinski definition) is 3. The molecule has 7 heteroatoms. The molecule has 0 aliphatic heterocycles. The Morgan fingerprint density at radius 2 is 1.82 bits per heavy atom. The van der Waals surface area contributed by atoms with E-state index in [1.807, 2.05) is 0 Å². The molecule has 0 saturated carbocycles. The summed E-state index contributed by atoms with van der Waals surface area (Å²) in [6.45, 7) is 0. The molecule has 0 heterocycles. The number of aliphatic carboxylic acids is 2. The maximum atomic E-state index is 9.85. The Kier molecular flexibility index (Phi) is 15.5. The van der Waals surface area contributed by atoms with Gasteiger partial charge in [-0.15, -0.1) is 0 Å². The van der Waals surface area contributed by atoms with Crippen LogP contribution in [0.3, 0.4) is 0 Å². The van der Waals surface area contributed by atoms with E-state index in [2.05, 4.69) is 0 Å². The van der Waals surface area contributed by atoms with Gasteiger partial charge in [0.1, 0.15) is 6.04 Å². The molecule has 0 saturated heterocycles. The standard InChI is InChI=1S/C4H7NO4.K.Mg.3H/c5-2(4(8)9)1-3(6)7;;;;;/h2H,1,5H2,(H,6,7)(H,8,9);;;;;/q;+1;+2;3*-1/t2-;;;;;/m0...../s1. The van der Waals surface area contributed by atoms with Crippen LogP contribution in [0.25, 0.3) is 0 Å². The van der Waals surface area contributed by atoms with Gasteiger partial charge in [0.2, 0.25) is 0 Å². The van der Waals surface area contributed by atoms with Gasteiger partial charge in [-0.2, -0.15) is 0 Å². The van der Waals surface area contributed by atoms with E-state index in [9.17, 15) is 9.59 Å². The topological polar surface area (TPSA) is 101 Å². The predicted octanol–water partition coefficient (Wildman–Crippen LogP) is -4.17. The molecule has 0 aliphatic carbocycles. The minimum atomic E-state index is -1.29. The SMILES string of the molecule is N[C@@H](CC(=O)O)C(=O)O.[H-].[H-].[H-].[K+].[Mg+2]. The third-order valence-corrected chi connectivity index (χ3v) is 0.712. The van der Waals surface area contributed by atoms with Gasteiger partial charge in [0.15, 0.2) is 0 Å². The molecule has 0 aromatic carbocycles. The Bertz CT molecular complexity index is 153. The van der Waals surface area contributed by atoms with Crippen molar-refractivity contribution >= 4 is 35.0 Å². The van der Waals surface area contributed by atoms with E-state index in [-0.39, 0.29) is 78.7 Å². The van der Waals surface area contributed by atoms with E-state index in [1.165, 1.54) is 0 Å². The van der Waals surface area contributed by atoms with Crippen LogP contribution >= 0.6 is 0 Å². The van der Waals surface area contributed by atoms with Crippen molar-refractivity contribution in [3.8, 4) is 0 Å². The van der Waals surface area contributed by atoms with Gasteiger partial charge in [-0.25, -0.2) is 0 Å². The Morgan fingerprint density at radius 1 is 1.45 bits per heavy atom. The summed E-state index contributed by atoms with van der Waals surface area (Å²) in [7, 11) is 0. The number of nitrogens with two attached hydrogens (primary N) is 1. The fourth-order valence-electron chi connectivity index (χ4n) is 0.275. The van der Waals surface area contributed by atoms with Gasteiger partial charge >= 0.3 is 86.4 Å². The number of hydrogen-bond acceptors (Lipinski definition) is 3. The predicted molar refractivity (Wildman–Crippen MR) is 37.0 cm³/mol. The second-order valence-corrected chi connectivity index (χ2v) is 1.54. The summed E-state index contributed by atoms with van der Waals surface area (Å²) >= 11 is 0. The quantitative estimate of drug-likeness (QED) is 0.401. The maximum Gasteiger partial charge on any atom is 2.00 e. The minimum absolute atomic E-state index is 0. The van der Waals surface area contributed by atoms with Gasteiger partial charge in [0.25, 0.3) is 0 Å². The molecule has 11 heavy (non-hydrogen) atoms. The zero-order chi connectivity index (χ0) is 7.44. The monoisotopic (exact) mass is 199 g/mol. The molecule has 0 amide bonds. The average molecular weight is 200 g/mol. The molecule has 4 N–H and O–H groups in total. The van der Waals surface area contributed by atoms with Crippen LogP contribution in [0.5, 0.6) is 0 Å². The Labute approximate surface area is 127 Å². The second-order valence-electron chi connectivity index (χ2n) is 1.54. The van der Waals surface area contributed by atoms with E-state index < -0.39 is 24.4 Å². The van der Waals surface area contributed by atoms with Crippen molar-refractivity contribution in [3.63, 3.8) is 0 Å². The van der Waals surface area contributed by atoms with Gasteiger partial charge in [-0.1, -0.05) is 0 Å². The second kappa shape index (κ2) is 9.39. The fourth-order valence-corrected chi connectivity index (χ4v) is 0.275. The molecule has 0 aromatic rings. The fraction of sp³-hybridized carbons (Fsp3) is 0.500. The Hall–Kier alpha value is 1.30. The molecule has 0 fully saturated rings. The van der Waals surface area contributed by atoms with Gasteiger partial charge in [-0.05, 0) is 0 Å². The van der Waals surface area contributed by atoms with Gasteiger partial charge in [0.05, 0.1) is 6.42 Å². The van der Waals surface area contributed by atoms with E-state index >= 15 is 0 Å². The normalized spacial score (nSPS) is 10.3. The first-order valence-corrected chi connectivity index (χ1v) is 2.24. The zero-order valence-corrected chi connectivity index (χ0v) is 10.8. The third-order valence-electron chi connectivity index (χ3n) is 0.712. The zero-order valence-electron chi connectivity index (χ0n) is 9.28. The van der Waals surface area contributed by atoms with E-state index in [0.29, 0.717) is 0 Å². The summed E-state index contributed by atoms with van der Waals surface area (Å²) in [5.41, 5.74) is 4.84. The van der Waals surface area contributed by atoms with Crippen LogP contribution in [0.4, 0.5) is 0 Å². The number of carboxylic acid groups (broad SMARTS) is 2. The average Bonchev–Trinajstić information content (AvgIpc) is 1.63. The van der Waals surface area contributed by atoms with Crippen molar-refractivity contribution in [1.82, 2.24) is 0 Å². The van der Waals surface area contributed by atoms with Gasteiger partial charge < -0.3 is 20.2 Å². The summed E-state index contributed by atoms with van der Waals surface area (Å²) in [5.74, 6) is -2.50. The first-order valence-electron chi connectivity index (χ1n) is 2.24. The van der Waals surface area contributed by atoms with Crippen molar-refractivity contribution in [2.75, 3.05) is 0 Å². The Balaban J connectivity index is -0.0000000320. The molecule has 0 aromatic heterocycles. The number of carbonyl (C=O) groups is 2. The molecule has 58 valence electrons. The summed E-state index contributed by atoms with van der Waals surface area (Å²) in [5, 5.41) is 16.0. The Morgan fingerprint density at radius 3 is 1.91 bits per heavy atom. The van der Waals surface area contributed by atoms with Crippen LogP contribution < -0.4 is 57.1 Å².